The number of hydrogen-bond donors (Lipinski definition) is 2. The van der Waals surface area contributed by atoms with Crippen LogP contribution in [-0.4, -0.2) is 28.4 Å². The predicted octanol–water partition coefficient (Wildman–Crippen LogP) is 5.13. The van der Waals surface area contributed by atoms with Gasteiger partial charge in [-0.1, -0.05) is 0 Å². The van der Waals surface area contributed by atoms with Gasteiger partial charge in [0.05, 0.1) is 5.54 Å². The fourth-order valence-electron chi connectivity index (χ4n) is 4.42. The topological polar surface area (TPSA) is 89.6 Å². The number of carbonyl (C=O) groups excluding carboxylic acids is 1. The largest absolute Gasteiger partial charge is 0.459 e. The molecule has 1 saturated carbocycles. The second-order valence-corrected chi connectivity index (χ2v) is 9.47. The number of nitrogens with zero attached hydrogens (tertiary/aromatic N) is 2. The predicted molar refractivity (Wildman–Crippen MR) is 117 cm³/mol. The molecule has 6 nitrogen and oxygen atoms in total. The number of benzene rings is 1. The van der Waals surface area contributed by atoms with Crippen LogP contribution >= 0.6 is 15.9 Å². The van der Waals surface area contributed by atoms with Crippen LogP contribution in [0, 0.1) is 5.82 Å². The highest BCUT2D eigenvalue weighted by atomic mass is 79.9. The minimum Gasteiger partial charge on any atom is -0.459 e. The molecule has 1 spiro atoms. The van der Waals surface area contributed by atoms with Crippen LogP contribution < -0.4 is 11.1 Å². The van der Waals surface area contributed by atoms with Gasteiger partial charge in [-0.15, -0.1) is 0 Å². The summed E-state index contributed by atoms with van der Waals surface area (Å²) >= 11 is 3.26. The van der Waals surface area contributed by atoms with E-state index in [0.29, 0.717) is 5.69 Å². The molecule has 170 valence electrons. The van der Waals surface area contributed by atoms with Gasteiger partial charge in [-0.2, -0.15) is 0 Å². The smallest absolute Gasteiger partial charge is 0.283 e. The Morgan fingerprint density at radius 3 is 2.56 bits per heavy atom. The van der Waals surface area contributed by atoms with Crippen LogP contribution in [0.5, 0.6) is 0 Å². The Balaban J connectivity index is 1.61. The van der Waals surface area contributed by atoms with Crippen LogP contribution in [-0.2, 0) is 10.3 Å². The van der Waals surface area contributed by atoms with Crippen LogP contribution in [0.2, 0.25) is 0 Å². The second kappa shape index (κ2) is 8.06. The molecule has 1 fully saturated rings. The molecule has 0 bridgehead atoms. The van der Waals surface area contributed by atoms with Gasteiger partial charge in [-0.3, -0.25) is 4.79 Å². The fraction of sp³-hybridized carbons (Fsp3) is 0.409. The Morgan fingerprint density at radius 1 is 1.19 bits per heavy atom. The third kappa shape index (κ3) is 4.60. The molecule has 1 amide bonds. The summed E-state index contributed by atoms with van der Waals surface area (Å²) in [6, 6.07) is 7.23. The number of nitrogens with one attached hydrogen (secondary N) is 1. The molecule has 4 rings (SSSR count). The fourth-order valence-corrected chi connectivity index (χ4v) is 4.65. The Hall–Kier alpha value is -2.62. The number of carbonyl (C=O) groups is 1. The molecule has 1 unspecified atom stereocenters. The highest BCUT2D eigenvalue weighted by Gasteiger charge is 2.51. The van der Waals surface area contributed by atoms with Crippen molar-refractivity contribution in [2.45, 2.75) is 56.1 Å². The maximum absolute atomic E-state index is 14.9. The second-order valence-electron chi connectivity index (χ2n) is 8.55. The van der Waals surface area contributed by atoms with Gasteiger partial charge in [0.15, 0.2) is 0 Å². The van der Waals surface area contributed by atoms with E-state index in [2.05, 4.69) is 31.2 Å². The first-order chi connectivity index (χ1) is 15.0. The number of aromatic nitrogens is 1. The third-order valence-corrected chi connectivity index (χ3v) is 6.47. The first kappa shape index (κ1) is 22.6. The number of halogens is 4. The zero-order valence-corrected chi connectivity index (χ0v) is 18.9. The lowest BCUT2D eigenvalue weighted by molar-refractivity contribution is -0.112. The van der Waals surface area contributed by atoms with Crippen molar-refractivity contribution in [2.24, 2.45) is 10.7 Å². The van der Waals surface area contributed by atoms with Crippen LogP contribution in [0.4, 0.5) is 18.9 Å². The molecule has 0 radical (unpaired) electrons. The van der Waals surface area contributed by atoms with Gasteiger partial charge < -0.3 is 15.8 Å². The molecule has 1 aliphatic heterocycles. The normalized spacial score (nSPS) is 23.8. The van der Waals surface area contributed by atoms with Crippen molar-refractivity contribution in [1.29, 1.82) is 0 Å². The number of hydrogen-bond acceptors (Lipinski definition) is 5. The lowest BCUT2D eigenvalue weighted by Gasteiger charge is -2.47. The standard InChI is InChI=1S/C22H22BrF3N4O2/c1-20(12-21(32-19(27)30-20)6-8-22(25,26)9-7-21)15-10-14(3-4-16(15)24)29-18(31)17-5-2-13(23)11-28-17/h2-5,10-11H,6-9,12H2,1H3,(H2,27,30)(H,29,31). The van der Waals surface area contributed by atoms with Gasteiger partial charge >= 0.3 is 0 Å². The molecular weight excluding hydrogens is 489 g/mol. The van der Waals surface area contributed by atoms with Gasteiger partial charge in [-0.05, 0) is 66.0 Å². The van der Waals surface area contributed by atoms with Gasteiger partial charge in [-0.25, -0.2) is 23.1 Å². The summed E-state index contributed by atoms with van der Waals surface area (Å²) < 4.78 is 48.8. The van der Waals surface area contributed by atoms with Crippen LogP contribution in [0.1, 0.15) is 55.1 Å². The summed E-state index contributed by atoms with van der Waals surface area (Å²) in [5.41, 5.74) is 4.58. The number of pyridine rings is 1. The van der Waals surface area contributed by atoms with Crippen LogP contribution in [0.15, 0.2) is 46.0 Å². The molecule has 3 N–H and O–H groups in total. The molecule has 1 aliphatic carbocycles. The van der Waals surface area contributed by atoms with Crippen molar-refractivity contribution in [3.63, 3.8) is 0 Å². The molecule has 2 aromatic rings. The summed E-state index contributed by atoms with van der Waals surface area (Å²) in [6.07, 6.45) is 1.24. The van der Waals surface area contributed by atoms with E-state index < -0.39 is 28.8 Å². The van der Waals surface area contributed by atoms with Gasteiger partial charge in [0.1, 0.15) is 17.1 Å². The Kier molecular flexibility index (Phi) is 5.68. The summed E-state index contributed by atoms with van der Waals surface area (Å²) in [7, 11) is 0. The molecule has 1 atom stereocenters. The summed E-state index contributed by atoms with van der Waals surface area (Å²) in [5, 5.41) is 2.70. The highest BCUT2D eigenvalue weighted by Crippen LogP contribution is 2.49. The van der Waals surface area contributed by atoms with Crippen molar-refractivity contribution >= 4 is 33.5 Å². The average Bonchev–Trinajstić information content (AvgIpc) is 2.72. The lowest BCUT2D eigenvalue weighted by atomic mass is 9.72. The molecule has 1 aromatic heterocycles. The molecule has 10 heteroatoms. The van der Waals surface area contributed by atoms with Crippen molar-refractivity contribution in [3.8, 4) is 0 Å². The van der Waals surface area contributed by atoms with E-state index in [-0.39, 0.29) is 49.4 Å². The maximum Gasteiger partial charge on any atom is 0.283 e. The summed E-state index contributed by atoms with van der Waals surface area (Å²) in [6.45, 7) is 1.69. The Labute approximate surface area is 191 Å². The van der Waals surface area contributed by atoms with Crippen molar-refractivity contribution < 1.29 is 22.7 Å². The lowest BCUT2D eigenvalue weighted by Crippen LogP contribution is -2.51. The van der Waals surface area contributed by atoms with E-state index in [0.717, 1.165) is 4.47 Å². The number of ether oxygens (including phenoxy) is 1. The number of amides is 1. The quantitative estimate of drug-likeness (QED) is 0.598. The van der Waals surface area contributed by atoms with E-state index in [9.17, 15) is 18.0 Å². The number of amidine groups is 1. The number of aliphatic imine (C=N–C) groups is 1. The van der Waals surface area contributed by atoms with Gasteiger partial charge in [0.25, 0.3) is 11.9 Å². The molecule has 2 aliphatic rings. The molecule has 2 heterocycles. The van der Waals surface area contributed by atoms with Crippen molar-refractivity contribution in [1.82, 2.24) is 4.98 Å². The number of nitrogens with two attached hydrogens (primary N) is 1. The molecule has 0 saturated heterocycles. The Bertz CT molecular complexity index is 1070. The zero-order valence-electron chi connectivity index (χ0n) is 17.3. The number of rotatable bonds is 3. The molecular formula is C22H22BrF3N4O2. The maximum atomic E-state index is 14.9. The molecule has 1 aromatic carbocycles. The Morgan fingerprint density at radius 2 is 1.91 bits per heavy atom. The van der Waals surface area contributed by atoms with E-state index in [4.69, 9.17) is 10.5 Å². The number of alkyl halides is 2. The van der Waals surface area contributed by atoms with Crippen molar-refractivity contribution in [3.05, 3.63) is 58.1 Å². The molecule has 32 heavy (non-hydrogen) atoms. The van der Waals surface area contributed by atoms with Crippen molar-refractivity contribution in [2.75, 3.05) is 5.32 Å². The minimum atomic E-state index is -2.75. The van der Waals surface area contributed by atoms with Gasteiger partial charge in [0.2, 0.25) is 5.92 Å². The van der Waals surface area contributed by atoms with E-state index in [1.165, 1.54) is 24.4 Å². The average molecular weight is 511 g/mol. The number of anilines is 1. The SMILES string of the molecule is CC1(c2cc(NC(=O)c3ccc(Br)cn3)ccc2F)CC2(CCC(F)(F)CC2)OC(N)=N1. The zero-order chi connectivity index (χ0) is 23.1. The minimum absolute atomic E-state index is 0.0963. The first-order valence-electron chi connectivity index (χ1n) is 10.1. The van der Waals surface area contributed by atoms with Crippen LogP contribution in [0.25, 0.3) is 0 Å². The van der Waals surface area contributed by atoms with E-state index >= 15 is 0 Å². The monoisotopic (exact) mass is 510 g/mol. The summed E-state index contributed by atoms with van der Waals surface area (Å²) in [4.78, 5) is 20.9. The van der Waals surface area contributed by atoms with Crippen LogP contribution in [0.3, 0.4) is 0 Å². The summed E-state index contributed by atoms with van der Waals surface area (Å²) in [5.74, 6) is -3.74. The van der Waals surface area contributed by atoms with E-state index in [1.54, 1.807) is 19.1 Å². The van der Waals surface area contributed by atoms with E-state index in [1.807, 2.05) is 0 Å². The van der Waals surface area contributed by atoms with Gasteiger partial charge in [0, 0.05) is 41.2 Å². The first-order valence-corrected chi connectivity index (χ1v) is 10.9. The third-order valence-electron chi connectivity index (χ3n) is 6.00. The highest BCUT2D eigenvalue weighted by molar-refractivity contribution is 9.10.